The fourth-order valence-electron chi connectivity index (χ4n) is 6.62. The number of esters is 1. The number of aliphatic hydroxyl groups is 1. The predicted octanol–water partition coefficient (Wildman–Crippen LogP) is 3.79. The second-order valence-electron chi connectivity index (χ2n) is 10.0. The molecule has 0 aromatic carbocycles. The van der Waals surface area contributed by atoms with E-state index in [9.17, 15) is 14.7 Å². The average Bonchev–Trinajstić information content (AvgIpc) is 3.15. The van der Waals surface area contributed by atoms with Crippen LogP contribution < -0.4 is 0 Å². The van der Waals surface area contributed by atoms with Crippen LogP contribution in [0.3, 0.4) is 0 Å². The number of rotatable bonds is 3. The summed E-state index contributed by atoms with van der Waals surface area (Å²) in [7, 11) is 1.54. The van der Waals surface area contributed by atoms with Gasteiger partial charge >= 0.3 is 5.97 Å². The van der Waals surface area contributed by atoms with Gasteiger partial charge in [0, 0.05) is 36.5 Å². The molecule has 4 rings (SSSR count). The number of furan rings is 1. The van der Waals surface area contributed by atoms with Crippen LogP contribution in [0.2, 0.25) is 0 Å². The Hall–Kier alpha value is -1.66. The third-order valence-corrected chi connectivity index (χ3v) is 8.04. The van der Waals surface area contributed by atoms with E-state index in [1.807, 2.05) is 6.92 Å². The third-order valence-electron chi connectivity index (χ3n) is 8.04. The minimum Gasteiger partial charge on any atom is -0.465 e. The van der Waals surface area contributed by atoms with E-state index >= 15 is 0 Å². The number of carbonyl (C=O) groups excluding carboxylic acids is 2. The first-order chi connectivity index (χ1) is 13.5. The SMILES string of the molecule is CO[C@@H]1C(=O)[C@@]2(O)c3occ4c3[C@@](C)(CC[C@@H]4OC(C)=O)CC[C@]2(C)[C@@H]1C(C)C. The summed E-state index contributed by atoms with van der Waals surface area (Å²) in [6.45, 7) is 9.73. The molecule has 0 aliphatic heterocycles. The lowest BCUT2D eigenvalue weighted by molar-refractivity contribution is -0.152. The number of ether oxygens (including phenoxy) is 2. The lowest BCUT2D eigenvalue weighted by Crippen LogP contribution is -2.46. The van der Waals surface area contributed by atoms with Crippen molar-refractivity contribution in [2.24, 2.45) is 17.3 Å². The van der Waals surface area contributed by atoms with Crippen molar-refractivity contribution in [2.45, 2.75) is 83.5 Å². The van der Waals surface area contributed by atoms with Crippen LogP contribution >= 0.6 is 0 Å². The third kappa shape index (κ3) is 2.48. The molecule has 6 heteroatoms. The van der Waals surface area contributed by atoms with E-state index in [1.165, 1.54) is 14.0 Å². The Morgan fingerprint density at radius 1 is 1.28 bits per heavy atom. The van der Waals surface area contributed by atoms with Crippen LogP contribution in [0.15, 0.2) is 10.7 Å². The summed E-state index contributed by atoms with van der Waals surface area (Å²) in [5, 5.41) is 12.1. The van der Waals surface area contributed by atoms with E-state index in [2.05, 4.69) is 20.8 Å². The maximum Gasteiger partial charge on any atom is 0.303 e. The summed E-state index contributed by atoms with van der Waals surface area (Å²) < 4.78 is 17.2. The summed E-state index contributed by atoms with van der Waals surface area (Å²) in [5.41, 5.74) is -1.06. The molecule has 0 spiro atoms. The van der Waals surface area contributed by atoms with Gasteiger partial charge < -0.3 is 19.0 Å². The van der Waals surface area contributed by atoms with E-state index in [-0.39, 0.29) is 29.0 Å². The van der Waals surface area contributed by atoms with Crippen LogP contribution in [0, 0.1) is 17.3 Å². The van der Waals surface area contributed by atoms with Gasteiger partial charge in [0.2, 0.25) is 5.78 Å². The van der Waals surface area contributed by atoms with Crippen molar-refractivity contribution in [3.63, 3.8) is 0 Å². The van der Waals surface area contributed by atoms with E-state index < -0.39 is 23.2 Å². The zero-order valence-corrected chi connectivity index (χ0v) is 18.2. The predicted molar refractivity (Wildman–Crippen MR) is 105 cm³/mol. The molecule has 29 heavy (non-hydrogen) atoms. The molecule has 0 amide bonds. The fraction of sp³-hybridized carbons (Fsp3) is 0.739. The fourth-order valence-corrected chi connectivity index (χ4v) is 6.62. The maximum atomic E-state index is 13.6. The molecule has 6 atom stereocenters. The zero-order valence-electron chi connectivity index (χ0n) is 18.2. The molecule has 1 N–H and O–H groups in total. The Balaban J connectivity index is 1.95. The van der Waals surface area contributed by atoms with Gasteiger partial charge in [-0.2, -0.15) is 0 Å². The van der Waals surface area contributed by atoms with Crippen molar-refractivity contribution < 1.29 is 28.6 Å². The highest BCUT2D eigenvalue weighted by Crippen LogP contribution is 2.65. The molecule has 1 aromatic heterocycles. The van der Waals surface area contributed by atoms with E-state index in [0.717, 1.165) is 24.0 Å². The van der Waals surface area contributed by atoms with Gasteiger partial charge in [-0.25, -0.2) is 0 Å². The first-order valence-corrected chi connectivity index (χ1v) is 10.6. The quantitative estimate of drug-likeness (QED) is 0.772. The molecule has 0 radical (unpaired) electrons. The van der Waals surface area contributed by atoms with Gasteiger partial charge in [-0.3, -0.25) is 9.59 Å². The standard InChI is InChI=1S/C23H32O6/c1-12(2)16-18(27-6)19(25)23(26)20-17-14(11-28-20)15(29-13(3)24)7-8-21(17,4)9-10-22(16,23)5/h11-12,15-16,18,26H,7-10H2,1-6H3/t15-,16+,18-,21-,22+,23+/m0/s1. The van der Waals surface area contributed by atoms with Gasteiger partial charge in [0.1, 0.15) is 18.0 Å². The molecule has 1 saturated carbocycles. The Morgan fingerprint density at radius 2 is 1.97 bits per heavy atom. The van der Waals surface area contributed by atoms with E-state index in [4.69, 9.17) is 13.9 Å². The Morgan fingerprint density at radius 3 is 2.55 bits per heavy atom. The first-order valence-electron chi connectivity index (χ1n) is 10.6. The van der Waals surface area contributed by atoms with Gasteiger partial charge in [0.05, 0.1) is 6.26 Å². The first kappa shape index (κ1) is 20.6. The summed E-state index contributed by atoms with van der Waals surface area (Å²) in [5.74, 6) is -0.302. The average molecular weight is 405 g/mol. The minimum absolute atomic E-state index is 0.126. The van der Waals surface area contributed by atoms with Crippen molar-refractivity contribution >= 4 is 11.8 Å². The minimum atomic E-state index is -1.76. The van der Waals surface area contributed by atoms with Crippen molar-refractivity contribution in [1.82, 2.24) is 0 Å². The van der Waals surface area contributed by atoms with Crippen LogP contribution in [0.1, 0.15) is 83.3 Å². The topological polar surface area (TPSA) is 86.0 Å². The molecule has 1 aromatic rings. The Kier molecular flexibility index (Phi) is 4.56. The van der Waals surface area contributed by atoms with Gasteiger partial charge in [0.15, 0.2) is 5.60 Å². The number of Topliss-reactive ketones (excluding diaryl/α,β-unsaturated/α-hetero) is 1. The van der Waals surface area contributed by atoms with Gasteiger partial charge in [-0.1, -0.05) is 27.7 Å². The largest absolute Gasteiger partial charge is 0.465 e. The van der Waals surface area contributed by atoms with E-state index in [1.54, 1.807) is 6.26 Å². The lowest BCUT2D eigenvalue weighted by Gasteiger charge is -2.41. The second-order valence-corrected chi connectivity index (χ2v) is 10.0. The molecule has 0 unspecified atom stereocenters. The Bertz CT molecular complexity index is 856. The molecule has 3 aliphatic rings. The van der Waals surface area contributed by atoms with E-state index in [0.29, 0.717) is 18.6 Å². The van der Waals surface area contributed by atoms with Gasteiger partial charge in [-0.15, -0.1) is 0 Å². The van der Waals surface area contributed by atoms with Gasteiger partial charge in [-0.05, 0) is 37.0 Å². The summed E-state index contributed by atoms with van der Waals surface area (Å²) in [6.07, 6.45) is 3.53. The van der Waals surface area contributed by atoms with Crippen LogP contribution in [-0.2, 0) is 30.1 Å². The Labute approximate surface area is 171 Å². The lowest BCUT2D eigenvalue weighted by atomic mass is 9.64. The molecular weight excluding hydrogens is 372 g/mol. The summed E-state index contributed by atoms with van der Waals surface area (Å²) >= 11 is 0. The van der Waals surface area contributed by atoms with Crippen molar-refractivity contribution in [3.8, 4) is 0 Å². The monoisotopic (exact) mass is 404 g/mol. The van der Waals surface area contributed by atoms with Crippen molar-refractivity contribution in [3.05, 3.63) is 23.2 Å². The highest BCUT2D eigenvalue weighted by atomic mass is 16.5. The second kappa shape index (κ2) is 6.42. The van der Waals surface area contributed by atoms with Gasteiger partial charge in [0.25, 0.3) is 0 Å². The molecule has 160 valence electrons. The molecule has 1 heterocycles. The number of carbonyl (C=O) groups is 2. The number of hydrogen-bond acceptors (Lipinski definition) is 6. The smallest absolute Gasteiger partial charge is 0.303 e. The normalized spacial score (nSPS) is 41.1. The summed E-state index contributed by atoms with van der Waals surface area (Å²) in [6, 6.07) is 0. The van der Waals surface area contributed by atoms with Crippen molar-refractivity contribution in [1.29, 1.82) is 0 Å². The molecule has 1 fully saturated rings. The molecular formula is C23H32O6. The van der Waals surface area contributed by atoms with Crippen LogP contribution in [0.25, 0.3) is 0 Å². The number of methoxy groups -OCH3 is 1. The highest BCUT2D eigenvalue weighted by molar-refractivity contribution is 5.96. The number of fused-ring (bicyclic) bond motifs is 2. The number of ketones is 1. The number of hydrogen-bond donors (Lipinski definition) is 1. The highest BCUT2D eigenvalue weighted by Gasteiger charge is 2.72. The molecule has 0 bridgehead atoms. The van der Waals surface area contributed by atoms with Crippen LogP contribution in [0.4, 0.5) is 0 Å². The molecule has 6 nitrogen and oxygen atoms in total. The van der Waals surface area contributed by atoms with Crippen molar-refractivity contribution in [2.75, 3.05) is 7.11 Å². The zero-order chi connectivity index (χ0) is 21.4. The van der Waals surface area contributed by atoms with Crippen LogP contribution in [0.5, 0.6) is 0 Å². The van der Waals surface area contributed by atoms with Crippen LogP contribution in [-0.4, -0.2) is 30.1 Å². The summed E-state index contributed by atoms with van der Waals surface area (Å²) in [4.78, 5) is 25.2. The maximum absolute atomic E-state index is 13.6. The molecule has 3 aliphatic carbocycles. The molecule has 0 saturated heterocycles.